The summed E-state index contributed by atoms with van der Waals surface area (Å²) in [6.45, 7) is 3.58. The maximum absolute atomic E-state index is 12.9. The Morgan fingerprint density at radius 1 is 1.42 bits per heavy atom. The number of nitrogens with one attached hydrogen (secondary N) is 1. The van der Waals surface area contributed by atoms with Crippen molar-refractivity contribution in [1.82, 2.24) is 20.0 Å². The zero-order valence-corrected chi connectivity index (χ0v) is 14.2. The third kappa shape index (κ3) is 4.01. The average molecular weight is 328 g/mol. The lowest BCUT2D eigenvalue weighted by atomic mass is 10.0. The zero-order chi connectivity index (χ0) is 16.9. The predicted octanol–water partition coefficient (Wildman–Crippen LogP) is 1.73. The molecule has 6 heteroatoms. The van der Waals surface area contributed by atoms with E-state index < -0.39 is 0 Å². The summed E-state index contributed by atoms with van der Waals surface area (Å²) in [7, 11) is 4.09. The van der Waals surface area contributed by atoms with Gasteiger partial charge in [-0.1, -0.05) is 12.1 Å². The second kappa shape index (κ2) is 7.59. The monoisotopic (exact) mass is 328 g/mol. The smallest absolute Gasteiger partial charge is 0.253 e. The van der Waals surface area contributed by atoms with Gasteiger partial charge in [0.25, 0.3) is 5.91 Å². The van der Waals surface area contributed by atoms with Crippen LogP contribution < -0.4 is 0 Å². The van der Waals surface area contributed by atoms with Gasteiger partial charge in [-0.3, -0.25) is 9.89 Å². The molecular formula is C18H24N4O2. The molecule has 24 heavy (non-hydrogen) atoms. The van der Waals surface area contributed by atoms with Crippen LogP contribution in [0, 0.1) is 5.92 Å². The highest BCUT2D eigenvalue weighted by molar-refractivity contribution is 5.95. The molecule has 6 nitrogen and oxygen atoms in total. The number of rotatable bonds is 4. The Morgan fingerprint density at radius 2 is 2.29 bits per heavy atom. The second-order valence-corrected chi connectivity index (χ2v) is 6.52. The van der Waals surface area contributed by atoms with Gasteiger partial charge in [0, 0.05) is 42.9 Å². The zero-order valence-electron chi connectivity index (χ0n) is 14.2. The van der Waals surface area contributed by atoms with E-state index in [1.54, 1.807) is 6.20 Å². The van der Waals surface area contributed by atoms with Gasteiger partial charge >= 0.3 is 0 Å². The van der Waals surface area contributed by atoms with Crippen molar-refractivity contribution in [3.05, 3.63) is 42.2 Å². The topological polar surface area (TPSA) is 61.5 Å². The molecule has 1 aromatic heterocycles. The summed E-state index contributed by atoms with van der Waals surface area (Å²) >= 11 is 0. The van der Waals surface area contributed by atoms with E-state index in [0.717, 1.165) is 24.2 Å². The molecule has 0 unspecified atom stereocenters. The Kier molecular flexibility index (Phi) is 5.27. The fraction of sp³-hybridized carbons (Fsp3) is 0.444. The first-order valence-electron chi connectivity index (χ1n) is 8.24. The number of ether oxygens (including phenoxy) is 1. The molecule has 0 bridgehead atoms. The lowest BCUT2D eigenvalue weighted by Gasteiger charge is -2.25. The molecule has 128 valence electrons. The first-order valence-corrected chi connectivity index (χ1v) is 8.24. The van der Waals surface area contributed by atoms with Crippen molar-refractivity contribution in [3.8, 4) is 11.1 Å². The van der Waals surface area contributed by atoms with Crippen molar-refractivity contribution in [2.75, 3.05) is 46.9 Å². The van der Waals surface area contributed by atoms with E-state index in [1.807, 2.05) is 49.5 Å². The molecule has 1 aromatic carbocycles. The lowest BCUT2D eigenvalue weighted by Crippen LogP contribution is -2.38. The Balaban J connectivity index is 1.76. The molecule has 0 radical (unpaired) electrons. The first-order chi connectivity index (χ1) is 11.6. The summed E-state index contributed by atoms with van der Waals surface area (Å²) in [5.41, 5.74) is 2.68. The maximum Gasteiger partial charge on any atom is 0.253 e. The first kappa shape index (κ1) is 16.7. The highest BCUT2D eigenvalue weighted by atomic mass is 16.5. The van der Waals surface area contributed by atoms with Gasteiger partial charge < -0.3 is 14.5 Å². The summed E-state index contributed by atoms with van der Waals surface area (Å²) in [6.07, 6.45) is 3.59. The molecule has 0 spiro atoms. The van der Waals surface area contributed by atoms with Gasteiger partial charge in [-0.05, 0) is 31.8 Å². The highest BCUT2D eigenvalue weighted by Gasteiger charge is 2.24. The van der Waals surface area contributed by atoms with Gasteiger partial charge in [0.1, 0.15) is 0 Å². The number of hydrogen-bond acceptors (Lipinski definition) is 4. The number of H-pyrrole nitrogens is 1. The van der Waals surface area contributed by atoms with Gasteiger partial charge in [0.2, 0.25) is 0 Å². The van der Waals surface area contributed by atoms with Crippen molar-refractivity contribution in [2.45, 2.75) is 0 Å². The minimum atomic E-state index is 0.0644. The number of amides is 1. The van der Waals surface area contributed by atoms with Gasteiger partial charge in [-0.25, -0.2) is 0 Å². The SMILES string of the molecule is CN(C)C[C@H]1COCCN(C(=O)c2cccc(-c3cn[nH]c3)c2)C1. The third-order valence-electron chi connectivity index (χ3n) is 4.19. The molecular weight excluding hydrogens is 304 g/mol. The molecule has 3 rings (SSSR count). The number of benzene rings is 1. The van der Waals surface area contributed by atoms with Crippen LogP contribution in [-0.2, 0) is 4.74 Å². The van der Waals surface area contributed by atoms with E-state index in [1.165, 1.54) is 0 Å². The van der Waals surface area contributed by atoms with Crippen molar-refractivity contribution >= 4 is 5.91 Å². The summed E-state index contributed by atoms with van der Waals surface area (Å²) in [5.74, 6) is 0.401. The average Bonchev–Trinajstić information content (AvgIpc) is 3.01. The standard InChI is InChI=1S/C18H24N4O2/c1-21(2)11-14-12-22(6-7-24-13-14)18(23)16-5-3-4-15(8-16)17-9-19-20-10-17/h3-5,8-10,14H,6-7,11-13H2,1-2H3,(H,19,20)/t14-/m1/s1. The summed E-state index contributed by atoms with van der Waals surface area (Å²) in [6, 6.07) is 7.71. The van der Waals surface area contributed by atoms with Crippen LogP contribution in [0.4, 0.5) is 0 Å². The van der Waals surface area contributed by atoms with Crippen LogP contribution in [-0.4, -0.2) is 72.8 Å². The van der Waals surface area contributed by atoms with E-state index in [0.29, 0.717) is 31.2 Å². The van der Waals surface area contributed by atoms with Gasteiger partial charge in [-0.15, -0.1) is 0 Å². The second-order valence-electron chi connectivity index (χ2n) is 6.52. The van der Waals surface area contributed by atoms with Crippen molar-refractivity contribution in [3.63, 3.8) is 0 Å². The van der Waals surface area contributed by atoms with Crippen LogP contribution in [0.1, 0.15) is 10.4 Å². The molecule has 0 aliphatic carbocycles. The fourth-order valence-corrected chi connectivity index (χ4v) is 3.11. The molecule has 1 amide bonds. The summed E-state index contributed by atoms with van der Waals surface area (Å²) in [4.78, 5) is 17.0. The molecule has 1 fully saturated rings. The molecule has 1 aliphatic heterocycles. The van der Waals surface area contributed by atoms with Crippen LogP contribution in [0.25, 0.3) is 11.1 Å². The van der Waals surface area contributed by atoms with E-state index in [-0.39, 0.29) is 5.91 Å². The molecule has 0 saturated carbocycles. The maximum atomic E-state index is 12.9. The summed E-state index contributed by atoms with van der Waals surface area (Å²) < 4.78 is 5.67. The lowest BCUT2D eigenvalue weighted by molar-refractivity contribution is 0.0735. The quantitative estimate of drug-likeness (QED) is 0.928. The van der Waals surface area contributed by atoms with Crippen molar-refractivity contribution in [2.24, 2.45) is 5.92 Å². The van der Waals surface area contributed by atoms with Crippen LogP contribution >= 0.6 is 0 Å². The highest BCUT2D eigenvalue weighted by Crippen LogP contribution is 2.20. The Morgan fingerprint density at radius 3 is 3.04 bits per heavy atom. The van der Waals surface area contributed by atoms with E-state index in [9.17, 15) is 4.79 Å². The third-order valence-corrected chi connectivity index (χ3v) is 4.19. The Hall–Kier alpha value is -2.18. The molecule has 1 saturated heterocycles. The van der Waals surface area contributed by atoms with Crippen molar-refractivity contribution in [1.29, 1.82) is 0 Å². The molecule has 2 heterocycles. The minimum absolute atomic E-state index is 0.0644. The fourth-order valence-electron chi connectivity index (χ4n) is 3.11. The Bertz CT molecular complexity index is 669. The number of aromatic nitrogens is 2. The largest absolute Gasteiger partial charge is 0.379 e. The summed E-state index contributed by atoms with van der Waals surface area (Å²) in [5, 5.41) is 6.78. The Labute approximate surface area is 142 Å². The van der Waals surface area contributed by atoms with Crippen LogP contribution in [0.2, 0.25) is 0 Å². The molecule has 1 N–H and O–H groups in total. The molecule has 1 aliphatic rings. The number of aromatic amines is 1. The van der Waals surface area contributed by atoms with Gasteiger partial charge in [0.05, 0.1) is 19.4 Å². The van der Waals surface area contributed by atoms with Gasteiger partial charge in [0.15, 0.2) is 0 Å². The van der Waals surface area contributed by atoms with Gasteiger partial charge in [-0.2, -0.15) is 5.10 Å². The number of carbonyl (C=O) groups is 1. The number of carbonyl (C=O) groups excluding carboxylic acids is 1. The molecule has 1 atom stereocenters. The van der Waals surface area contributed by atoms with Crippen LogP contribution in [0.15, 0.2) is 36.7 Å². The van der Waals surface area contributed by atoms with E-state index in [4.69, 9.17) is 4.74 Å². The predicted molar refractivity (Wildman–Crippen MR) is 92.8 cm³/mol. The van der Waals surface area contributed by atoms with Crippen LogP contribution in [0.5, 0.6) is 0 Å². The normalized spacial score (nSPS) is 18.6. The van der Waals surface area contributed by atoms with Crippen LogP contribution in [0.3, 0.4) is 0 Å². The minimum Gasteiger partial charge on any atom is -0.379 e. The molecule has 2 aromatic rings. The van der Waals surface area contributed by atoms with E-state index in [2.05, 4.69) is 15.1 Å². The number of hydrogen-bond donors (Lipinski definition) is 1. The van der Waals surface area contributed by atoms with Crippen molar-refractivity contribution < 1.29 is 9.53 Å². The van der Waals surface area contributed by atoms with E-state index >= 15 is 0 Å². The number of nitrogens with zero attached hydrogens (tertiary/aromatic N) is 3.